The third-order valence-corrected chi connectivity index (χ3v) is 2.85. The van der Waals surface area contributed by atoms with Gasteiger partial charge in [-0.05, 0) is 28.1 Å². The van der Waals surface area contributed by atoms with Crippen LogP contribution in [0, 0.1) is 0 Å². The molecule has 1 heterocycles. The zero-order valence-corrected chi connectivity index (χ0v) is 9.80. The van der Waals surface area contributed by atoms with Crippen LogP contribution in [0.15, 0.2) is 22.8 Å². The highest BCUT2D eigenvalue weighted by molar-refractivity contribution is 9.10. The summed E-state index contributed by atoms with van der Waals surface area (Å²) in [4.78, 5) is 15.4. The molecule has 0 aliphatic heterocycles. The quantitative estimate of drug-likeness (QED) is 0.909. The van der Waals surface area contributed by atoms with E-state index in [1.807, 2.05) is 0 Å². The lowest BCUT2D eigenvalue weighted by atomic mass is 9.88. The average Bonchev–Trinajstić information content (AvgIpc) is 2.15. The molecule has 0 atom stereocenters. The number of rotatable bonds is 2. The molecule has 1 aromatic rings. The van der Waals surface area contributed by atoms with Gasteiger partial charge in [-0.3, -0.25) is 4.79 Å². The maximum Gasteiger partial charge on any atom is 0.270 e. The summed E-state index contributed by atoms with van der Waals surface area (Å²) >= 11 is 3.19. The number of nitrogens with one attached hydrogen (secondary N) is 1. The van der Waals surface area contributed by atoms with Gasteiger partial charge in [-0.15, -0.1) is 0 Å². The van der Waals surface area contributed by atoms with Crippen molar-refractivity contribution in [2.45, 2.75) is 24.8 Å². The second-order valence-electron chi connectivity index (χ2n) is 3.80. The molecule has 0 saturated heterocycles. The van der Waals surface area contributed by atoms with Crippen LogP contribution >= 0.6 is 15.9 Å². The third kappa shape index (κ3) is 2.55. The first-order chi connectivity index (χ1) is 7.46. The predicted octanol–water partition coefficient (Wildman–Crippen LogP) is 2.37. The minimum absolute atomic E-state index is 0.235. The Bertz CT molecular complexity index is 400. The zero-order chi connectivity index (χ0) is 11.8. The van der Waals surface area contributed by atoms with E-state index in [1.165, 1.54) is 12.3 Å². The van der Waals surface area contributed by atoms with Gasteiger partial charge in [0.15, 0.2) is 0 Å². The van der Waals surface area contributed by atoms with Crippen molar-refractivity contribution in [2.24, 2.45) is 0 Å². The minimum Gasteiger partial charge on any atom is -0.348 e. The molecular formula is C10H9BrF2N2O. The number of aromatic nitrogens is 1. The van der Waals surface area contributed by atoms with Crippen molar-refractivity contribution in [1.82, 2.24) is 10.3 Å². The molecule has 0 aromatic carbocycles. The molecular weight excluding hydrogens is 282 g/mol. The Hall–Kier alpha value is -1.04. The number of carbonyl (C=O) groups is 1. The molecule has 3 nitrogen and oxygen atoms in total. The van der Waals surface area contributed by atoms with Crippen LogP contribution in [0.25, 0.3) is 0 Å². The highest BCUT2D eigenvalue weighted by Gasteiger charge is 2.45. The fourth-order valence-corrected chi connectivity index (χ4v) is 1.77. The van der Waals surface area contributed by atoms with E-state index >= 15 is 0 Å². The maximum atomic E-state index is 12.5. The van der Waals surface area contributed by atoms with Crippen LogP contribution in [0.2, 0.25) is 0 Å². The van der Waals surface area contributed by atoms with Gasteiger partial charge in [-0.1, -0.05) is 0 Å². The van der Waals surface area contributed by atoms with E-state index in [0.717, 1.165) is 4.47 Å². The van der Waals surface area contributed by atoms with Crippen LogP contribution in [0.1, 0.15) is 23.3 Å². The highest BCUT2D eigenvalue weighted by Crippen LogP contribution is 2.37. The monoisotopic (exact) mass is 290 g/mol. The van der Waals surface area contributed by atoms with E-state index in [4.69, 9.17) is 0 Å². The molecule has 0 bridgehead atoms. The second-order valence-corrected chi connectivity index (χ2v) is 4.71. The molecule has 6 heteroatoms. The Morgan fingerprint density at radius 3 is 2.69 bits per heavy atom. The lowest BCUT2D eigenvalue weighted by molar-refractivity contribution is -0.0901. The van der Waals surface area contributed by atoms with Crippen molar-refractivity contribution < 1.29 is 13.6 Å². The zero-order valence-electron chi connectivity index (χ0n) is 8.21. The molecule has 0 unspecified atom stereocenters. The van der Waals surface area contributed by atoms with Gasteiger partial charge in [0.25, 0.3) is 11.8 Å². The summed E-state index contributed by atoms with van der Waals surface area (Å²) in [5.41, 5.74) is 0.235. The van der Waals surface area contributed by atoms with Gasteiger partial charge in [0.2, 0.25) is 0 Å². The number of hydrogen-bond acceptors (Lipinski definition) is 2. The van der Waals surface area contributed by atoms with E-state index in [-0.39, 0.29) is 18.5 Å². The molecule has 2 rings (SSSR count). The van der Waals surface area contributed by atoms with Crippen LogP contribution in [-0.4, -0.2) is 22.9 Å². The number of halogens is 3. The minimum atomic E-state index is -2.62. The SMILES string of the molecule is O=C(NC1CC(F)(F)C1)c1ccc(Br)cn1. The molecule has 0 spiro atoms. The summed E-state index contributed by atoms with van der Waals surface area (Å²) in [6.45, 7) is 0. The lowest BCUT2D eigenvalue weighted by Gasteiger charge is -2.35. The largest absolute Gasteiger partial charge is 0.348 e. The number of amides is 1. The standard InChI is InChI=1S/C10H9BrF2N2O/c11-6-1-2-8(14-5-6)9(16)15-7-3-10(12,13)4-7/h1-2,5,7H,3-4H2,(H,15,16). The Labute approximate surface area is 99.4 Å². The van der Waals surface area contributed by atoms with Gasteiger partial charge >= 0.3 is 0 Å². The van der Waals surface area contributed by atoms with Crippen molar-refractivity contribution >= 4 is 21.8 Å². The van der Waals surface area contributed by atoms with Crippen molar-refractivity contribution in [1.29, 1.82) is 0 Å². The summed E-state index contributed by atoms with van der Waals surface area (Å²) < 4.78 is 25.8. The van der Waals surface area contributed by atoms with Crippen LogP contribution in [0.5, 0.6) is 0 Å². The van der Waals surface area contributed by atoms with Gasteiger partial charge in [-0.2, -0.15) is 0 Å². The van der Waals surface area contributed by atoms with Gasteiger partial charge in [0.05, 0.1) is 0 Å². The number of nitrogens with zero attached hydrogens (tertiary/aromatic N) is 1. The van der Waals surface area contributed by atoms with E-state index in [1.54, 1.807) is 6.07 Å². The normalized spacial score (nSPS) is 18.9. The average molecular weight is 291 g/mol. The van der Waals surface area contributed by atoms with Gasteiger partial charge in [-0.25, -0.2) is 13.8 Å². The van der Waals surface area contributed by atoms with Crippen LogP contribution < -0.4 is 5.32 Å². The highest BCUT2D eigenvalue weighted by atomic mass is 79.9. The van der Waals surface area contributed by atoms with E-state index < -0.39 is 17.9 Å². The maximum absolute atomic E-state index is 12.5. The van der Waals surface area contributed by atoms with E-state index in [9.17, 15) is 13.6 Å². The first-order valence-electron chi connectivity index (χ1n) is 4.76. The number of carbonyl (C=O) groups excluding carboxylic acids is 1. The second kappa shape index (κ2) is 4.08. The number of pyridine rings is 1. The van der Waals surface area contributed by atoms with Crippen molar-refractivity contribution in [3.8, 4) is 0 Å². The summed E-state index contributed by atoms with van der Waals surface area (Å²) in [6, 6.07) is 2.78. The van der Waals surface area contributed by atoms with Crippen LogP contribution in [0.4, 0.5) is 8.78 Å². The Balaban J connectivity index is 1.92. The Morgan fingerprint density at radius 1 is 1.50 bits per heavy atom. The summed E-state index contributed by atoms with van der Waals surface area (Å²) in [6.07, 6.45) is 0.925. The van der Waals surface area contributed by atoms with Crippen molar-refractivity contribution in [3.63, 3.8) is 0 Å². The van der Waals surface area contributed by atoms with Crippen LogP contribution in [-0.2, 0) is 0 Å². The number of hydrogen-bond donors (Lipinski definition) is 1. The van der Waals surface area contributed by atoms with Gasteiger partial charge in [0, 0.05) is 29.6 Å². The molecule has 1 saturated carbocycles. The summed E-state index contributed by atoms with van der Waals surface area (Å²) in [5, 5.41) is 2.51. The molecule has 1 aromatic heterocycles. The first kappa shape index (κ1) is 11.4. The Kier molecular flexibility index (Phi) is 2.92. The summed E-state index contributed by atoms with van der Waals surface area (Å²) in [7, 11) is 0. The molecule has 1 amide bonds. The third-order valence-electron chi connectivity index (χ3n) is 2.39. The smallest absolute Gasteiger partial charge is 0.270 e. The fourth-order valence-electron chi connectivity index (χ4n) is 1.53. The van der Waals surface area contributed by atoms with Crippen molar-refractivity contribution in [3.05, 3.63) is 28.5 Å². The first-order valence-corrected chi connectivity index (χ1v) is 5.56. The van der Waals surface area contributed by atoms with Crippen molar-refractivity contribution in [2.75, 3.05) is 0 Å². The molecule has 1 fully saturated rings. The molecule has 0 radical (unpaired) electrons. The Morgan fingerprint density at radius 2 is 2.19 bits per heavy atom. The van der Waals surface area contributed by atoms with Gasteiger partial charge in [0.1, 0.15) is 5.69 Å². The fraction of sp³-hybridized carbons (Fsp3) is 0.400. The van der Waals surface area contributed by atoms with Gasteiger partial charge < -0.3 is 5.32 Å². The van der Waals surface area contributed by atoms with E-state index in [2.05, 4.69) is 26.2 Å². The molecule has 16 heavy (non-hydrogen) atoms. The summed E-state index contributed by atoms with van der Waals surface area (Å²) in [5.74, 6) is -3.03. The molecule has 86 valence electrons. The lowest BCUT2D eigenvalue weighted by Crippen LogP contribution is -2.50. The topological polar surface area (TPSA) is 42.0 Å². The van der Waals surface area contributed by atoms with Crippen LogP contribution in [0.3, 0.4) is 0 Å². The number of alkyl halides is 2. The molecule has 1 aliphatic carbocycles. The molecule has 1 aliphatic rings. The predicted molar refractivity (Wildman–Crippen MR) is 57.4 cm³/mol. The molecule has 1 N–H and O–H groups in total. The van der Waals surface area contributed by atoms with E-state index in [0.29, 0.717) is 0 Å².